The average Bonchev–Trinajstić information content (AvgIpc) is 3.19. The van der Waals surface area contributed by atoms with Gasteiger partial charge in [0.1, 0.15) is 12.3 Å². The highest BCUT2D eigenvalue weighted by Gasteiger charge is 2.43. The molecular formula is C22H21ClF2N6O3. The summed E-state index contributed by atoms with van der Waals surface area (Å²) >= 11 is 6.53. The van der Waals surface area contributed by atoms with Gasteiger partial charge < -0.3 is 19.2 Å². The Bertz CT molecular complexity index is 1410. The Labute approximate surface area is 197 Å². The molecule has 0 aliphatic heterocycles. The van der Waals surface area contributed by atoms with Gasteiger partial charge in [0.05, 0.1) is 46.8 Å². The molecule has 0 saturated heterocycles. The molecule has 1 amide bonds. The highest BCUT2D eigenvalue weighted by atomic mass is 35.5. The number of aromatic nitrogens is 5. The molecule has 2 N–H and O–H groups in total. The number of H-pyrrole nitrogens is 1. The Balaban J connectivity index is 1.58. The number of fused-ring (bicyclic) bond motifs is 2. The number of nitrogens with zero attached hydrogens (tertiary/aromatic N) is 4. The number of nitrogens with one attached hydrogen (secondary N) is 2. The van der Waals surface area contributed by atoms with Crippen molar-refractivity contribution in [1.29, 1.82) is 0 Å². The lowest BCUT2D eigenvalue weighted by Crippen LogP contribution is -2.21. The van der Waals surface area contributed by atoms with Crippen molar-refractivity contribution in [2.24, 2.45) is 5.92 Å². The third-order valence-corrected chi connectivity index (χ3v) is 6.42. The number of halogens is 3. The second kappa shape index (κ2) is 8.57. The van der Waals surface area contributed by atoms with Crippen LogP contribution >= 0.6 is 11.6 Å². The van der Waals surface area contributed by atoms with Crippen LogP contribution in [0.2, 0.25) is 5.02 Å². The molecule has 178 valence electrons. The van der Waals surface area contributed by atoms with Crippen LogP contribution in [0.1, 0.15) is 25.0 Å². The number of carbonyl (C=O) groups excluding carboxylic acids is 1. The van der Waals surface area contributed by atoms with E-state index in [2.05, 4.69) is 25.5 Å². The van der Waals surface area contributed by atoms with Crippen molar-refractivity contribution < 1.29 is 23.0 Å². The van der Waals surface area contributed by atoms with Gasteiger partial charge in [-0.15, -0.1) is 0 Å². The number of aromatic amines is 1. The van der Waals surface area contributed by atoms with Gasteiger partial charge in [0.25, 0.3) is 0 Å². The summed E-state index contributed by atoms with van der Waals surface area (Å²) in [5.41, 5.74) is 1.77. The van der Waals surface area contributed by atoms with Crippen LogP contribution in [0.3, 0.4) is 0 Å². The second-order valence-electron chi connectivity index (χ2n) is 8.18. The van der Waals surface area contributed by atoms with E-state index in [9.17, 15) is 9.18 Å². The third kappa shape index (κ3) is 3.69. The summed E-state index contributed by atoms with van der Waals surface area (Å²) in [6.45, 7) is 1.76. The van der Waals surface area contributed by atoms with Crippen LogP contribution in [0.4, 0.5) is 14.6 Å². The molecule has 3 heterocycles. The Morgan fingerprint density at radius 3 is 2.76 bits per heavy atom. The van der Waals surface area contributed by atoms with Crippen LogP contribution in [-0.2, 0) is 14.3 Å². The zero-order valence-corrected chi connectivity index (χ0v) is 19.2. The summed E-state index contributed by atoms with van der Waals surface area (Å²) in [4.78, 5) is 20.7. The fourth-order valence-electron chi connectivity index (χ4n) is 4.07. The topological polar surface area (TPSA) is 106 Å². The van der Waals surface area contributed by atoms with Gasteiger partial charge in [-0.25, -0.2) is 13.8 Å². The van der Waals surface area contributed by atoms with Crippen molar-refractivity contribution in [3.63, 3.8) is 0 Å². The van der Waals surface area contributed by atoms with Gasteiger partial charge >= 0.3 is 0 Å². The molecule has 1 aliphatic carbocycles. The maximum Gasteiger partial charge on any atom is 0.231 e. The number of carbonyl (C=O) groups is 1. The first-order valence-corrected chi connectivity index (χ1v) is 10.9. The van der Waals surface area contributed by atoms with Crippen LogP contribution in [0.5, 0.6) is 0 Å². The summed E-state index contributed by atoms with van der Waals surface area (Å²) in [5, 5.41) is 9.94. The van der Waals surface area contributed by atoms with E-state index in [4.69, 9.17) is 21.1 Å². The Morgan fingerprint density at radius 2 is 2.09 bits per heavy atom. The van der Waals surface area contributed by atoms with E-state index in [-0.39, 0.29) is 22.8 Å². The minimum absolute atomic E-state index is 0.141. The van der Waals surface area contributed by atoms with Gasteiger partial charge in [-0.3, -0.25) is 14.9 Å². The van der Waals surface area contributed by atoms with Crippen LogP contribution in [0.15, 0.2) is 24.8 Å². The number of hydrogen-bond acceptors (Lipinski definition) is 6. The highest BCUT2D eigenvalue weighted by molar-refractivity contribution is 6.35. The van der Waals surface area contributed by atoms with E-state index in [0.29, 0.717) is 27.8 Å². The number of hydrogen-bond donors (Lipinski definition) is 2. The summed E-state index contributed by atoms with van der Waals surface area (Å²) in [7, 11) is 2.97. The van der Waals surface area contributed by atoms with Crippen molar-refractivity contribution >= 4 is 39.9 Å². The smallest absolute Gasteiger partial charge is 0.231 e. The molecule has 3 aromatic heterocycles. The average molecular weight is 491 g/mol. The van der Waals surface area contributed by atoms with Crippen molar-refractivity contribution in [3.05, 3.63) is 41.2 Å². The molecule has 34 heavy (non-hydrogen) atoms. The predicted molar refractivity (Wildman–Crippen MR) is 121 cm³/mol. The van der Waals surface area contributed by atoms with Crippen molar-refractivity contribution in [1.82, 2.24) is 24.6 Å². The molecule has 1 aromatic carbocycles. The molecule has 12 heteroatoms. The fraction of sp³-hybridized carbons (Fsp3) is 0.364. The number of rotatable bonds is 7. The Kier molecular flexibility index (Phi) is 5.70. The molecule has 4 aromatic rings. The third-order valence-electron chi connectivity index (χ3n) is 6.06. The van der Waals surface area contributed by atoms with E-state index >= 15 is 4.39 Å². The normalized spacial score (nSPS) is 19.5. The number of methoxy groups -OCH3 is 2. The fourth-order valence-corrected chi connectivity index (χ4v) is 4.37. The number of benzene rings is 1. The van der Waals surface area contributed by atoms with E-state index in [1.807, 2.05) is 0 Å². The lowest BCUT2D eigenvalue weighted by atomic mass is 9.97. The van der Waals surface area contributed by atoms with Gasteiger partial charge in [-0.1, -0.05) is 11.6 Å². The zero-order valence-electron chi connectivity index (χ0n) is 18.5. The molecular weight excluding hydrogens is 470 g/mol. The number of alkyl halides is 1. The number of anilines is 1. The minimum Gasteiger partial charge on any atom is -0.379 e. The minimum atomic E-state index is -1.10. The standard InChI is InChI=1S/C22H21ClF2N6O3/c1-9(33-2)21(34-3)17-19(25)18(23)16(11-5-27-30-20(11)17)13-7-31-8-14(28-15(31)6-26-13)29-22(32)10-4-12(10)24/h5-10,12,21H,4H2,1-3H3,(H,27,30)(H,29,32)/t9-,10-,12+,21-/m1/s1. The lowest BCUT2D eigenvalue weighted by molar-refractivity contribution is -0.117. The van der Waals surface area contributed by atoms with E-state index in [0.717, 1.165) is 0 Å². The zero-order chi connectivity index (χ0) is 24.1. The van der Waals surface area contributed by atoms with Crippen LogP contribution in [-0.4, -0.2) is 57.0 Å². The molecule has 0 radical (unpaired) electrons. The van der Waals surface area contributed by atoms with Crippen molar-refractivity contribution in [3.8, 4) is 11.3 Å². The van der Waals surface area contributed by atoms with E-state index in [1.165, 1.54) is 26.6 Å². The summed E-state index contributed by atoms with van der Waals surface area (Å²) < 4.78 is 41.3. The monoisotopic (exact) mass is 490 g/mol. The van der Waals surface area contributed by atoms with Crippen LogP contribution in [0.25, 0.3) is 27.8 Å². The van der Waals surface area contributed by atoms with Gasteiger partial charge in [0.15, 0.2) is 17.3 Å². The van der Waals surface area contributed by atoms with Gasteiger partial charge in [-0.2, -0.15) is 5.10 Å². The molecule has 9 nitrogen and oxygen atoms in total. The molecule has 0 unspecified atom stereocenters. The number of imidazole rings is 1. The van der Waals surface area contributed by atoms with Crippen LogP contribution < -0.4 is 5.32 Å². The SMILES string of the molecule is CO[C@H](C)[C@@H](OC)c1c(F)c(Cl)c(-c2cn3cc(NC(=O)[C@@H]4C[C@@H]4F)nc3cn2)c2cn[nH]c12. The maximum absolute atomic E-state index is 15.6. The first-order chi connectivity index (χ1) is 16.3. The van der Waals surface area contributed by atoms with Crippen LogP contribution in [0, 0.1) is 11.7 Å². The number of amides is 1. The Hall–Kier alpha value is -3.15. The molecule has 0 spiro atoms. The van der Waals surface area contributed by atoms with Crippen molar-refractivity contribution in [2.45, 2.75) is 31.7 Å². The van der Waals surface area contributed by atoms with Gasteiger partial charge in [-0.05, 0) is 13.3 Å². The molecule has 0 bridgehead atoms. The maximum atomic E-state index is 15.6. The first kappa shape index (κ1) is 22.6. The molecule has 1 fully saturated rings. The largest absolute Gasteiger partial charge is 0.379 e. The van der Waals surface area contributed by atoms with Gasteiger partial charge in [0.2, 0.25) is 5.91 Å². The molecule has 4 atom stereocenters. The summed E-state index contributed by atoms with van der Waals surface area (Å²) in [6, 6.07) is 0. The first-order valence-electron chi connectivity index (χ1n) is 10.5. The predicted octanol–water partition coefficient (Wildman–Crippen LogP) is 4.08. The molecule has 5 rings (SSSR count). The van der Waals surface area contributed by atoms with E-state index < -0.39 is 36.0 Å². The van der Waals surface area contributed by atoms with Crippen molar-refractivity contribution in [2.75, 3.05) is 19.5 Å². The van der Waals surface area contributed by atoms with Gasteiger partial charge in [0, 0.05) is 36.9 Å². The Morgan fingerprint density at radius 1 is 1.32 bits per heavy atom. The van der Waals surface area contributed by atoms with E-state index in [1.54, 1.807) is 23.7 Å². The molecule has 1 aliphatic rings. The molecule has 1 saturated carbocycles. The quantitative estimate of drug-likeness (QED) is 0.404. The summed E-state index contributed by atoms with van der Waals surface area (Å²) in [5.74, 6) is -1.46. The summed E-state index contributed by atoms with van der Waals surface area (Å²) in [6.07, 6.45) is 4.13. The second-order valence-corrected chi connectivity index (χ2v) is 8.56. The lowest BCUT2D eigenvalue weighted by Gasteiger charge is -2.24. The number of ether oxygens (including phenoxy) is 2. The highest BCUT2D eigenvalue weighted by Crippen LogP contribution is 2.42.